The van der Waals surface area contributed by atoms with E-state index >= 15 is 0 Å². The minimum atomic E-state index is -0.620. The van der Waals surface area contributed by atoms with Gasteiger partial charge in [0.05, 0.1) is 15.8 Å². The third kappa shape index (κ3) is 2.97. The van der Waals surface area contributed by atoms with Gasteiger partial charge in [0, 0.05) is 13.5 Å². The molecule has 1 atom stereocenters. The van der Waals surface area contributed by atoms with Crippen molar-refractivity contribution in [2.45, 2.75) is 26.0 Å². The van der Waals surface area contributed by atoms with Gasteiger partial charge in [0.25, 0.3) is 5.91 Å². The number of carbonyl (C=O) groups excluding carboxylic acids is 1. The molecule has 0 saturated heterocycles. The minimum absolute atomic E-state index is 0.220. The highest BCUT2D eigenvalue weighted by Crippen LogP contribution is 2.26. The van der Waals surface area contributed by atoms with Crippen LogP contribution in [0.2, 0.25) is 4.34 Å². The predicted molar refractivity (Wildman–Crippen MR) is 82.9 cm³/mol. The van der Waals surface area contributed by atoms with Crippen molar-refractivity contribution in [3.63, 3.8) is 0 Å². The maximum absolute atomic E-state index is 12.1. The zero-order chi connectivity index (χ0) is 15.7. The smallest absolute Gasteiger partial charge is 0.264 e. The summed E-state index contributed by atoms with van der Waals surface area (Å²) in [6, 6.07) is 3.67. The molecule has 22 heavy (non-hydrogen) atoms. The van der Waals surface area contributed by atoms with E-state index in [-0.39, 0.29) is 5.91 Å². The first-order chi connectivity index (χ1) is 10.5. The van der Waals surface area contributed by atoms with Crippen LogP contribution >= 0.6 is 22.9 Å². The number of thiophene rings is 1. The van der Waals surface area contributed by atoms with Crippen molar-refractivity contribution < 1.29 is 9.63 Å². The van der Waals surface area contributed by atoms with Gasteiger partial charge in [0.15, 0.2) is 5.82 Å². The standard InChI is InChI=1S/C13H14ClN5O2S/c1-7-16-17-12(19(7)2)6-15-13(20)9-5-8(18-21-9)10-3-4-11(14)22-10/h3-4,9H,5-6H2,1-2H3,(H,15,20)/t9-/m1/s1. The summed E-state index contributed by atoms with van der Waals surface area (Å²) in [5, 5.41) is 14.7. The molecule has 0 unspecified atom stereocenters. The molecule has 1 aliphatic rings. The number of halogens is 1. The molecule has 7 nitrogen and oxygen atoms in total. The highest BCUT2D eigenvalue weighted by molar-refractivity contribution is 7.18. The van der Waals surface area contributed by atoms with Crippen LogP contribution in [0, 0.1) is 6.92 Å². The summed E-state index contributed by atoms with van der Waals surface area (Å²) in [5.74, 6) is 1.26. The van der Waals surface area contributed by atoms with Crippen molar-refractivity contribution in [1.82, 2.24) is 20.1 Å². The normalized spacial score (nSPS) is 17.2. The summed E-state index contributed by atoms with van der Waals surface area (Å²) in [7, 11) is 1.85. The predicted octanol–water partition coefficient (Wildman–Crippen LogP) is 1.65. The van der Waals surface area contributed by atoms with Crippen LogP contribution in [0.1, 0.15) is 22.9 Å². The van der Waals surface area contributed by atoms with Crippen LogP contribution < -0.4 is 5.32 Å². The number of carbonyl (C=O) groups is 1. The molecule has 9 heteroatoms. The lowest BCUT2D eigenvalue weighted by Crippen LogP contribution is -2.35. The molecule has 0 saturated carbocycles. The highest BCUT2D eigenvalue weighted by Gasteiger charge is 2.29. The SMILES string of the molecule is Cc1nnc(CNC(=O)[C@H]2CC(c3ccc(Cl)s3)=NO2)n1C. The third-order valence-corrected chi connectivity index (χ3v) is 4.70. The van der Waals surface area contributed by atoms with Crippen LogP contribution in [0.3, 0.4) is 0 Å². The molecule has 3 heterocycles. The number of aryl methyl sites for hydroxylation is 1. The first-order valence-electron chi connectivity index (χ1n) is 6.65. The van der Waals surface area contributed by atoms with Gasteiger partial charge in [-0.1, -0.05) is 16.8 Å². The zero-order valence-electron chi connectivity index (χ0n) is 12.0. The maximum atomic E-state index is 12.1. The van der Waals surface area contributed by atoms with E-state index in [0.717, 1.165) is 16.4 Å². The van der Waals surface area contributed by atoms with Crippen LogP contribution in [-0.4, -0.2) is 32.5 Å². The summed E-state index contributed by atoms with van der Waals surface area (Å²) in [6.45, 7) is 2.15. The molecule has 0 fully saturated rings. The zero-order valence-corrected chi connectivity index (χ0v) is 13.6. The summed E-state index contributed by atoms with van der Waals surface area (Å²) >= 11 is 7.32. The Morgan fingerprint density at radius 2 is 2.36 bits per heavy atom. The van der Waals surface area contributed by atoms with Crippen LogP contribution in [0.15, 0.2) is 17.3 Å². The van der Waals surface area contributed by atoms with Gasteiger partial charge < -0.3 is 14.7 Å². The van der Waals surface area contributed by atoms with Crippen LogP contribution in [-0.2, 0) is 23.2 Å². The van der Waals surface area contributed by atoms with Gasteiger partial charge in [-0.05, 0) is 19.1 Å². The van der Waals surface area contributed by atoms with Crippen LogP contribution in [0.5, 0.6) is 0 Å². The fourth-order valence-electron chi connectivity index (χ4n) is 2.02. The van der Waals surface area contributed by atoms with Crippen molar-refractivity contribution >= 4 is 34.6 Å². The molecule has 0 spiro atoms. The second kappa shape index (κ2) is 6.05. The Kier molecular flexibility index (Phi) is 4.12. The number of hydrogen-bond acceptors (Lipinski definition) is 6. The monoisotopic (exact) mass is 339 g/mol. The summed E-state index contributed by atoms with van der Waals surface area (Å²) in [6.07, 6.45) is -0.189. The number of oxime groups is 1. The van der Waals surface area contributed by atoms with E-state index < -0.39 is 6.10 Å². The largest absolute Gasteiger partial charge is 0.382 e. The Labute approximate surface area is 135 Å². The van der Waals surface area contributed by atoms with Gasteiger partial charge in [0.1, 0.15) is 11.5 Å². The molecule has 1 aliphatic heterocycles. The first kappa shape index (κ1) is 15.0. The highest BCUT2D eigenvalue weighted by atomic mass is 35.5. The van der Waals surface area contributed by atoms with Gasteiger partial charge in [-0.2, -0.15) is 0 Å². The van der Waals surface area contributed by atoms with Crippen molar-refractivity contribution in [2.24, 2.45) is 12.2 Å². The molecule has 1 N–H and O–H groups in total. The molecule has 0 aromatic carbocycles. The number of hydrogen-bond donors (Lipinski definition) is 1. The fraction of sp³-hybridized carbons (Fsp3) is 0.385. The molecule has 0 radical (unpaired) electrons. The van der Waals surface area contributed by atoms with Gasteiger partial charge in [-0.3, -0.25) is 4.79 Å². The molecule has 0 aliphatic carbocycles. The molecule has 1 amide bonds. The Balaban J connectivity index is 1.55. The summed E-state index contributed by atoms with van der Waals surface area (Å²) in [5.41, 5.74) is 0.742. The van der Waals surface area contributed by atoms with Crippen molar-refractivity contribution in [3.05, 3.63) is 33.0 Å². The molecular formula is C13H14ClN5O2S. The van der Waals surface area contributed by atoms with Gasteiger partial charge in [-0.25, -0.2) is 0 Å². The molecular weight excluding hydrogens is 326 g/mol. The Bertz CT molecular complexity index is 739. The van der Waals surface area contributed by atoms with Crippen molar-refractivity contribution in [2.75, 3.05) is 0 Å². The molecule has 2 aromatic heterocycles. The number of aromatic nitrogens is 3. The third-order valence-electron chi connectivity index (χ3n) is 3.42. The number of rotatable bonds is 4. The second-order valence-corrected chi connectivity index (χ2v) is 6.60. The Morgan fingerprint density at radius 1 is 1.55 bits per heavy atom. The van der Waals surface area contributed by atoms with Crippen LogP contribution in [0.25, 0.3) is 0 Å². The molecule has 116 valence electrons. The fourth-order valence-corrected chi connectivity index (χ4v) is 3.05. The van der Waals surface area contributed by atoms with Crippen molar-refractivity contribution in [3.8, 4) is 0 Å². The van der Waals surface area contributed by atoms with Gasteiger partial charge in [-0.15, -0.1) is 21.5 Å². The average molecular weight is 340 g/mol. The van der Waals surface area contributed by atoms with E-state index in [2.05, 4.69) is 20.7 Å². The van der Waals surface area contributed by atoms with Gasteiger partial charge >= 0.3 is 0 Å². The van der Waals surface area contributed by atoms with E-state index in [9.17, 15) is 4.79 Å². The number of nitrogens with zero attached hydrogens (tertiary/aromatic N) is 4. The summed E-state index contributed by atoms with van der Waals surface area (Å²) in [4.78, 5) is 18.3. The molecule has 2 aromatic rings. The minimum Gasteiger partial charge on any atom is -0.382 e. The lowest BCUT2D eigenvalue weighted by atomic mass is 10.1. The average Bonchev–Trinajstić information content (AvgIpc) is 3.20. The van der Waals surface area contributed by atoms with E-state index in [1.165, 1.54) is 11.3 Å². The van der Waals surface area contributed by atoms with Crippen LogP contribution in [0.4, 0.5) is 0 Å². The molecule has 3 rings (SSSR count). The first-order valence-corrected chi connectivity index (χ1v) is 7.85. The van der Waals surface area contributed by atoms with Crippen molar-refractivity contribution in [1.29, 1.82) is 0 Å². The van der Waals surface area contributed by atoms with Gasteiger partial charge in [0.2, 0.25) is 6.10 Å². The Hall–Kier alpha value is -1.93. The Morgan fingerprint density at radius 3 is 3.00 bits per heavy atom. The second-order valence-electron chi connectivity index (χ2n) is 4.88. The number of amides is 1. The topological polar surface area (TPSA) is 81.4 Å². The van der Waals surface area contributed by atoms with E-state index in [0.29, 0.717) is 23.1 Å². The quantitative estimate of drug-likeness (QED) is 0.918. The van der Waals surface area contributed by atoms with E-state index in [1.54, 1.807) is 6.07 Å². The molecule has 0 bridgehead atoms. The van der Waals surface area contributed by atoms with E-state index in [4.69, 9.17) is 16.4 Å². The van der Waals surface area contributed by atoms with E-state index in [1.807, 2.05) is 24.6 Å². The maximum Gasteiger partial charge on any atom is 0.264 e. The lowest BCUT2D eigenvalue weighted by Gasteiger charge is -2.09. The number of nitrogens with one attached hydrogen (secondary N) is 1. The lowest BCUT2D eigenvalue weighted by molar-refractivity contribution is -0.131. The summed E-state index contributed by atoms with van der Waals surface area (Å²) < 4.78 is 2.51.